The maximum atomic E-state index is 12.5. The summed E-state index contributed by atoms with van der Waals surface area (Å²) in [5, 5.41) is 2.88. The molecule has 1 N–H and O–H groups in total. The fraction of sp³-hybridized carbons (Fsp3) is 0.278. The predicted molar refractivity (Wildman–Crippen MR) is 98.2 cm³/mol. The number of anilines is 2. The van der Waals surface area contributed by atoms with Crippen LogP contribution in [-0.4, -0.2) is 27.1 Å². The highest BCUT2D eigenvalue weighted by Gasteiger charge is 2.17. The van der Waals surface area contributed by atoms with E-state index in [1.54, 1.807) is 31.2 Å². The number of nitrogens with one attached hydrogen (secondary N) is 1. The molecule has 0 atom stereocenters. The molecule has 0 unspecified atom stereocenters. The number of hydrogen-bond acceptors (Lipinski definition) is 3. The second-order valence-electron chi connectivity index (χ2n) is 5.69. The molecule has 128 valence electrons. The van der Waals surface area contributed by atoms with Gasteiger partial charge in [0.05, 0.1) is 11.4 Å². The molecule has 0 saturated heterocycles. The van der Waals surface area contributed by atoms with Crippen LogP contribution < -0.4 is 9.62 Å². The van der Waals surface area contributed by atoms with Gasteiger partial charge in [0.2, 0.25) is 10.0 Å². The molecule has 0 spiro atoms. The smallest absolute Gasteiger partial charge is 0.255 e. The van der Waals surface area contributed by atoms with E-state index >= 15 is 0 Å². The van der Waals surface area contributed by atoms with Gasteiger partial charge in [0, 0.05) is 18.3 Å². The zero-order chi connectivity index (χ0) is 17.9. The third-order valence-corrected chi connectivity index (χ3v) is 5.67. The van der Waals surface area contributed by atoms with Crippen LogP contribution in [0.15, 0.2) is 42.5 Å². The van der Waals surface area contributed by atoms with Crippen LogP contribution in [0.1, 0.15) is 28.4 Å². The maximum Gasteiger partial charge on any atom is 0.255 e. The number of benzene rings is 2. The van der Waals surface area contributed by atoms with Gasteiger partial charge in [0.15, 0.2) is 0 Å². The summed E-state index contributed by atoms with van der Waals surface area (Å²) < 4.78 is 25.2. The van der Waals surface area contributed by atoms with Crippen LogP contribution in [0.3, 0.4) is 0 Å². The molecule has 0 heterocycles. The Morgan fingerprint density at radius 3 is 2.50 bits per heavy atom. The van der Waals surface area contributed by atoms with Gasteiger partial charge in [-0.3, -0.25) is 9.10 Å². The normalized spacial score (nSPS) is 11.2. The number of sulfonamides is 1. The zero-order valence-corrected chi connectivity index (χ0v) is 15.1. The number of carbonyl (C=O) groups excluding carboxylic acids is 1. The maximum absolute atomic E-state index is 12.5. The van der Waals surface area contributed by atoms with Crippen LogP contribution in [0.5, 0.6) is 0 Å². The first-order valence-electron chi connectivity index (χ1n) is 7.70. The lowest BCUT2D eigenvalue weighted by Gasteiger charge is -2.19. The Morgan fingerprint density at radius 2 is 1.83 bits per heavy atom. The predicted octanol–water partition coefficient (Wildman–Crippen LogP) is 3.34. The summed E-state index contributed by atoms with van der Waals surface area (Å²) in [6.45, 7) is 5.47. The fourth-order valence-electron chi connectivity index (χ4n) is 2.26. The zero-order valence-electron chi connectivity index (χ0n) is 14.3. The third kappa shape index (κ3) is 3.94. The summed E-state index contributed by atoms with van der Waals surface area (Å²) in [6, 6.07) is 12.4. The molecule has 0 aliphatic heterocycles. The Balaban J connectivity index is 2.28. The van der Waals surface area contributed by atoms with Crippen molar-refractivity contribution >= 4 is 27.3 Å². The number of amides is 1. The van der Waals surface area contributed by atoms with Gasteiger partial charge in [-0.15, -0.1) is 0 Å². The Labute approximate surface area is 143 Å². The summed E-state index contributed by atoms with van der Waals surface area (Å²) in [4.78, 5) is 12.5. The molecule has 24 heavy (non-hydrogen) atoms. The lowest BCUT2D eigenvalue weighted by atomic mass is 10.1. The largest absolute Gasteiger partial charge is 0.322 e. The van der Waals surface area contributed by atoms with Crippen molar-refractivity contribution in [2.75, 3.05) is 22.4 Å². The first-order valence-corrected chi connectivity index (χ1v) is 9.31. The SMILES string of the molecule is CCS(=O)(=O)N(C)c1cccc(C(=O)Nc2cc(C)ccc2C)c1. The summed E-state index contributed by atoms with van der Waals surface area (Å²) >= 11 is 0. The van der Waals surface area contributed by atoms with Crippen LogP contribution in [0.2, 0.25) is 0 Å². The van der Waals surface area contributed by atoms with E-state index in [2.05, 4.69) is 5.32 Å². The standard InChI is InChI=1S/C18H22N2O3S/c1-5-24(22,23)20(4)16-8-6-7-15(12-16)18(21)19-17-11-13(2)9-10-14(17)3/h6-12H,5H2,1-4H3,(H,19,21). The summed E-state index contributed by atoms with van der Waals surface area (Å²) in [5.41, 5.74) is 3.64. The Bertz CT molecular complexity index is 860. The van der Waals surface area contributed by atoms with Crippen molar-refractivity contribution in [2.24, 2.45) is 0 Å². The van der Waals surface area contributed by atoms with E-state index in [0.717, 1.165) is 16.8 Å². The quantitative estimate of drug-likeness (QED) is 0.903. The highest BCUT2D eigenvalue weighted by atomic mass is 32.2. The monoisotopic (exact) mass is 346 g/mol. The van der Waals surface area contributed by atoms with Crippen molar-refractivity contribution in [1.82, 2.24) is 0 Å². The molecule has 0 saturated carbocycles. The molecular weight excluding hydrogens is 324 g/mol. The fourth-order valence-corrected chi connectivity index (χ4v) is 3.08. The van der Waals surface area contributed by atoms with Crippen molar-refractivity contribution in [1.29, 1.82) is 0 Å². The van der Waals surface area contributed by atoms with E-state index in [9.17, 15) is 13.2 Å². The van der Waals surface area contributed by atoms with Crippen molar-refractivity contribution in [3.63, 3.8) is 0 Å². The van der Waals surface area contributed by atoms with E-state index < -0.39 is 10.0 Å². The van der Waals surface area contributed by atoms with Crippen LogP contribution in [0.25, 0.3) is 0 Å². The molecule has 6 heteroatoms. The summed E-state index contributed by atoms with van der Waals surface area (Å²) in [6.07, 6.45) is 0. The Hall–Kier alpha value is -2.34. The van der Waals surface area contributed by atoms with Gasteiger partial charge in [-0.25, -0.2) is 8.42 Å². The average Bonchev–Trinajstić information content (AvgIpc) is 2.57. The molecule has 0 aliphatic carbocycles. The molecule has 0 aliphatic rings. The van der Waals surface area contributed by atoms with Gasteiger partial charge in [0.25, 0.3) is 5.91 Å². The molecule has 0 aromatic heterocycles. The van der Waals surface area contributed by atoms with Crippen molar-refractivity contribution in [2.45, 2.75) is 20.8 Å². The number of aryl methyl sites for hydroxylation is 2. The van der Waals surface area contributed by atoms with Gasteiger partial charge < -0.3 is 5.32 Å². The molecule has 2 aromatic carbocycles. The van der Waals surface area contributed by atoms with Gasteiger partial charge >= 0.3 is 0 Å². The van der Waals surface area contributed by atoms with Gasteiger partial charge in [-0.05, 0) is 56.2 Å². The molecule has 0 bridgehead atoms. The summed E-state index contributed by atoms with van der Waals surface area (Å²) in [5.74, 6) is -0.268. The van der Waals surface area contributed by atoms with Gasteiger partial charge in [-0.1, -0.05) is 18.2 Å². The Kier molecular flexibility index (Phi) is 5.29. The lowest BCUT2D eigenvalue weighted by Crippen LogP contribution is -2.28. The minimum atomic E-state index is -3.36. The second kappa shape index (κ2) is 7.05. The number of rotatable bonds is 5. The third-order valence-electron chi connectivity index (χ3n) is 3.90. The molecule has 0 fully saturated rings. The van der Waals surface area contributed by atoms with Gasteiger partial charge in [-0.2, -0.15) is 0 Å². The van der Waals surface area contributed by atoms with Crippen molar-refractivity contribution < 1.29 is 13.2 Å². The van der Waals surface area contributed by atoms with E-state index in [0.29, 0.717) is 11.3 Å². The highest BCUT2D eigenvalue weighted by Crippen LogP contribution is 2.21. The molecule has 2 aromatic rings. The minimum absolute atomic E-state index is 0.00239. The Morgan fingerprint density at radius 1 is 1.12 bits per heavy atom. The van der Waals surface area contributed by atoms with E-state index in [4.69, 9.17) is 0 Å². The molecule has 2 rings (SSSR count). The number of nitrogens with zero attached hydrogens (tertiary/aromatic N) is 1. The van der Waals surface area contributed by atoms with Crippen LogP contribution >= 0.6 is 0 Å². The first-order chi connectivity index (χ1) is 11.2. The number of carbonyl (C=O) groups is 1. The van der Waals surface area contributed by atoms with Crippen LogP contribution in [-0.2, 0) is 10.0 Å². The second-order valence-corrected chi connectivity index (χ2v) is 7.98. The first kappa shape index (κ1) is 18.0. The average molecular weight is 346 g/mol. The van der Waals surface area contributed by atoms with E-state index in [1.807, 2.05) is 32.0 Å². The highest BCUT2D eigenvalue weighted by molar-refractivity contribution is 7.92. The number of hydrogen-bond donors (Lipinski definition) is 1. The van der Waals surface area contributed by atoms with Crippen LogP contribution in [0, 0.1) is 13.8 Å². The molecule has 5 nitrogen and oxygen atoms in total. The molecular formula is C18H22N2O3S. The lowest BCUT2D eigenvalue weighted by molar-refractivity contribution is 0.102. The van der Waals surface area contributed by atoms with E-state index in [1.165, 1.54) is 11.4 Å². The van der Waals surface area contributed by atoms with Gasteiger partial charge in [0.1, 0.15) is 0 Å². The minimum Gasteiger partial charge on any atom is -0.322 e. The van der Waals surface area contributed by atoms with Crippen LogP contribution in [0.4, 0.5) is 11.4 Å². The molecule has 0 radical (unpaired) electrons. The summed E-state index contributed by atoms with van der Waals surface area (Å²) in [7, 11) is -1.88. The van der Waals surface area contributed by atoms with E-state index in [-0.39, 0.29) is 11.7 Å². The van der Waals surface area contributed by atoms with Crippen molar-refractivity contribution in [3.05, 3.63) is 59.2 Å². The topological polar surface area (TPSA) is 66.5 Å². The molecule has 1 amide bonds. The van der Waals surface area contributed by atoms with Crippen molar-refractivity contribution in [3.8, 4) is 0 Å².